The largest absolute Gasteiger partial charge is 0.484 e. The molecule has 0 bridgehead atoms. The number of benzene rings is 1. The summed E-state index contributed by atoms with van der Waals surface area (Å²) >= 11 is 5.72. The van der Waals surface area contributed by atoms with Gasteiger partial charge in [-0.05, 0) is 31.2 Å². The van der Waals surface area contributed by atoms with Gasteiger partial charge in [0.15, 0.2) is 6.61 Å². The highest BCUT2D eigenvalue weighted by Crippen LogP contribution is 2.15. The molecule has 2 N–H and O–H groups in total. The molecule has 0 spiro atoms. The first-order chi connectivity index (χ1) is 10.5. The van der Waals surface area contributed by atoms with E-state index in [1.807, 2.05) is 0 Å². The molecule has 0 unspecified atom stereocenters. The average molecular weight is 329 g/mol. The maximum absolute atomic E-state index is 11.5. The van der Waals surface area contributed by atoms with E-state index in [2.05, 4.69) is 15.6 Å². The van der Waals surface area contributed by atoms with Crippen LogP contribution in [-0.2, 0) is 19.1 Å². The van der Waals surface area contributed by atoms with Gasteiger partial charge in [0.2, 0.25) is 5.91 Å². The summed E-state index contributed by atoms with van der Waals surface area (Å²) < 4.78 is 9.87. The zero-order chi connectivity index (χ0) is 16.4. The molecule has 0 saturated heterocycles. The maximum Gasteiger partial charge on any atom is 0.306 e. The smallest absolute Gasteiger partial charge is 0.306 e. The van der Waals surface area contributed by atoms with Crippen LogP contribution in [0.3, 0.4) is 0 Å². The van der Waals surface area contributed by atoms with Gasteiger partial charge in [0, 0.05) is 11.4 Å². The molecule has 0 heterocycles. The number of nitrogens with one attached hydrogen (secondary N) is 2. The van der Waals surface area contributed by atoms with Crippen molar-refractivity contribution in [2.45, 2.75) is 19.8 Å². The van der Waals surface area contributed by atoms with Crippen molar-refractivity contribution in [1.82, 2.24) is 10.9 Å². The van der Waals surface area contributed by atoms with Crippen molar-refractivity contribution in [3.8, 4) is 5.75 Å². The van der Waals surface area contributed by atoms with E-state index in [-0.39, 0.29) is 26.1 Å². The Morgan fingerprint density at radius 2 is 1.68 bits per heavy atom. The number of carbonyl (C=O) groups excluding carboxylic acids is 3. The highest BCUT2D eigenvalue weighted by molar-refractivity contribution is 6.30. The van der Waals surface area contributed by atoms with Crippen LogP contribution in [0.15, 0.2) is 24.3 Å². The van der Waals surface area contributed by atoms with Crippen LogP contribution < -0.4 is 15.6 Å². The normalized spacial score (nSPS) is 9.73. The lowest BCUT2D eigenvalue weighted by molar-refractivity contribution is -0.144. The van der Waals surface area contributed by atoms with Crippen molar-refractivity contribution in [3.05, 3.63) is 29.3 Å². The van der Waals surface area contributed by atoms with Crippen molar-refractivity contribution in [3.63, 3.8) is 0 Å². The molecule has 0 atom stereocenters. The summed E-state index contributed by atoms with van der Waals surface area (Å²) in [5, 5.41) is 0.561. The molecule has 1 aromatic rings. The number of hydrazine groups is 1. The predicted octanol–water partition coefficient (Wildman–Crippen LogP) is 1.21. The fourth-order valence-corrected chi connectivity index (χ4v) is 1.49. The van der Waals surface area contributed by atoms with Crippen LogP contribution >= 0.6 is 11.6 Å². The molecular formula is C14H17ClN2O5. The minimum Gasteiger partial charge on any atom is -0.484 e. The lowest BCUT2D eigenvalue weighted by Gasteiger charge is -2.08. The van der Waals surface area contributed by atoms with Gasteiger partial charge < -0.3 is 9.47 Å². The van der Waals surface area contributed by atoms with E-state index >= 15 is 0 Å². The Hall–Kier alpha value is -2.28. The number of rotatable bonds is 7. The number of carbonyl (C=O) groups is 3. The molecule has 2 amide bonds. The van der Waals surface area contributed by atoms with E-state index in [4.69, 9.17) is 16.3 Å². The topological polar surface area (TPSA) is 93.7 Å². The Balaban J connectivity index is 2.18. The molecule has 7 nitrogen and oxygen atoms in total. The molecule has 0 fully saturated rings. The molecule has 0 saturated carbocycles. The number of amides is 2. The molecule has 120 valence electrons. The second kappa shape index (κ2) is 9.62. The number of hydrogen-bond donors (Lipinski definition) is 2. The lowest BCUT2D eigenvalue weighted by Crippen LogP contribution is -2.43. The van der Waals surface area contributed by atoms with Crippen LogP contribution in [0.25, 0.3) is 0 Å². The number of hydrogen-bond acceptors (Lipinski definition) is 5. The number of ether oxygens (including phenoxy) is 2. The molecule has 22 heavy (non-hydrogen) atoms. The number of esters is 1. The fraction of sp³-hybridized carbons (Fsp3) is 0.357. The first-order valence-electron chi connectivity index (χ1n) is 6.63. The summed E-state index contributed by atoms with van der Waals surface area (Å²) in [6.07, 6.45) is -0.117. The van der Waals surface area contributed by atoms with Crippen LogP contribution in [0.1, 0.15) is 19.8 Å². The van der Waals surface area contributed by atoms with E-state index in [0.29, 0.717) is 10.8 Å². The predicted molar refractivity (Wildman–Crippen MR) is 79.1 cm³/mol. The first kappa shape index (κ1) is 17.8. The summed E-state index contributed by atoms with van der Waals surface area (Å²) in [4.78, 5) is 33.9. The van der Waals surface area contributed by atoms with Gasteiger partial charge in [0.05, 0.1) is 13.0 Å². The summed E-state index contributed by atoms with van der Waals surface area (Å²) in [6.45, 7) is 1.68. The summed E-state index contributed by atoms with van der Waals surface area (Å²) in [5.41, 5.74) is 4.36. The lowest BCUT2D eigenvalue weighted by atomic mass is 10.3. The van der Waals surface area contributed by atoms with E-state index in [0.717, 1.165) is 0 Å². The molecule has 0 aliphatic carbocycles. The van der Waals surface area contributed by atoms with Crippen LogP contribution in [0.2, 0.25) is 5.02 Å². The molecular weight excluding hydrogens is 312 g/mol. The summed E-state index contributed by atoms with van der Waals surface area (Å²) in [6, 6.07) is 6.50. The Morgan fingerprint density at radius 1 is 1.05 bits per heavy atom. The van der Waals surface area contributed by atoms with Crippen LogP contribution in [0.4, 0.5) is 0 Å². The van der Waals surface area contributed by atoms with Gasteiger partial charge in [0.25, 0.3) is 5.91 Å². The van der Waals surface area contributed by atoms with Crippen LogP contribution in [0, 0.1) is 0 Å². The fourth-order valence-electron chi connectivity index (χ4n) is 1.37. The number of halogens is 1. The van der Waals surface area contributed by atoms with Gasteiger partial charge in [-0.25, -0.2) is 0 Å². The van der Waals surface area contributed by atoms with Gasteiger partial charge in [-0.2, -0.15) is 0 Å². The quantitative estimate of drug-likeness (QED) is 0.579. The summed E-state index contributed by atoms with van der Waals surface area (Å²) in [7, 11) is 0. The van der Waals surface area contributed by atoms with Gasteiger partial charge >= 0.3 is 5.97 Å². The maximum atomic E-state index is 11.5. The van der Waals surface area contributed by atoms with Crippen molar-refractivity contribution < 1.29 is 23.9 Å². The first-order valence-corrected chi connectivity index (χ1v) is 7.00. The molecule has 1 rings (SSSR count). The Labute approximate surface area is 132 Å². The minimum absolute atomic E-state index is 0.0448. The molecule has 0 radical (unpaired) electrons. The van der Waals surface area contributed by atoms with E-state index < -0.39 is 17.8 Å². The molecule has 0 aliphatic rings. The Kier molecular flexibility index (Phi) is 7.77. The summed E-state index contributed by atoms with van der Waals surface area (Å²) in [5.74, 6) is -1.00. The minimum atomic E-state index is -0.528. The monoisotopic (exact) mass is 328 g/mol. The zero-order valence-corrected chi connectivity index (χ0v) is 12.8. The van der Waals surface area contributed by atoms with Gasteiger partial charge in [-0.15, -0.1) is 0 Å². The van der Waals surface area contributed by atoms with E-state index in [9.17, 15) is 14.4 Å². The van der Waals surface area contributed by atoms with Crippen molar-refractivity contribution in [1.29, 1.82) is 0 Å². The Bertz CT molecular complexity index is 518. The van der Waals surface area contributed by atoms with E-state index in [1.165, 1.54) is 0 Å². The van der Waals surface area contributed by atoms with Crippen LogP contribution in [0.5, 0.6) is 5.75 Å². The SMILES string of the molecule is CCOC(=O)CCC(=O)NNC(=O)COc1ccc(Cl)cc1. The molecule has 0 aliphatic heterocycles. The third-order valence-corrected chi connectivity index (χ3v) is 2.64. The second-order valence-electron chi connectivity index (χ2n) is 4.14. The van der Waals surface area contributed by atoms with E-state index in [1.54, 1.807) is 31.2 Å². The van der Waals surface area contributed by atoms with Gasteiger partial charge in [-0.3, -0.25) is 25.2 Å². The van der Waals surface area contributed by atoms with Crippen molar-refractivity contribution in [2.24, 2.45) is 0 Å². The molecule has 1 aromatic carbocycles. The third-order valence-electron chi connectivity index (χ3n) is 2.39. The van der Waals surface area contributed by atoms with Gasteiger partial charge in [0.1, 0.15) is 5.75 Å². The zero-order valence-electron chi connectivity index (χ0n) is 12.1. The highest BCUT2D eigenvalue weighted by atomic mass is 35.5. The van der Waals surface area contributed by atoms with Crippen molar-refractivity contribution in [2.75, 3.05) is 13.2 Å². The third kappa shape index (κ3) is 7.49. The Morgan fingerprint density at radius 3 is 2.32 bits per heavy atom. The molecule has 0 aromatic heterocycles. The standard InChI is InChI=1S/C14H17ClN2O5/c1-2-21-14(20)8-7-12(18)16-17-13(19)9-22-11-5-3-10(15)4-6-11/h3-6H,2,7-9H2,1H3,(H,16,18)(H,17,19). The molecule has 8 heteroatoms. The second-order valence-corrected chi connectivity index (χ2v) is 4.58. The van der Waals surface area contributed by atoms with Crippen molar-refractivity contribution >= 4 is 29.4 Å². The average Bonchev–Trinajstić information content (AvgIpc) is 2.50. The van der Waals surface area contributed by atoms with Gasteiger partial charge in [-0.1, -0.05) is 11.6 Å². The van der Waals surface area contributed by atoms with Crippen LogP contribution in [-0.4, -0.2) is 31.0 Å². The highest BCUT2D eigenvalue weighted by Gasteiger charge is 2.09.